The van der Waals surface area contributed by atoms with Crippen molar-refractivity contribution in [2.75, 3.05) is 6.54 Å². The summed E-state index contributed by atoms with van der Waals surface area (Å²) in [5, 5.41) is 7.46. The van der Waals surface area contributed by atoms with Crippen molar-refractivity contribution in [2.45, 2.75) is 25.3 Å². The summed E-state index contributed by atoms with van der Waals surface area (Å²) < 4.78 is 13.1. The number of benzene rings is 1. The molecule has 0 aliphatic carbocycles. The van der Waals surface area contributed by atoms with Crippen LogP contribution < -0.4 is 0 Å². The number of likely N-dealkylation sites (tertiary alicyclic amines) is 1. The molecule has 2 heterocycles. The normalized spacial score (nSPS) is 18.5. The van der Waals surface area contributed by atoms with Crippen LogP contribution in [0.15, 0.2) is 42.7 Å². The Bertz CT molecular complexity index is 615. The average molecular weight is 285 g/mol. The Balaban J connectivity index is 1.88. The van der Waals surface area contributed by atoms with E-state index in [1.807, 2.05) is 4.90 Å². The zero-order valence-electron chi connectivity index (χ0n) is 11.6. The highest BCUT2D eigenvalue weighted by Gasteiger charge is 2.28. The van der Waals surface area contributed by atoms with E-state index >= 15 is 0 Å². The topological polar surface area (TPSA) is 46.1 Å². The molecule has 1 atom stereocenters. The maximum Gasteiger partial charge on any atom is 0.256 e. The molecule has 1 aromatic carbocycles. The van der Waals surface area contributed by atoms with Crippen molar-refractivity contribution >= 4 is 5.91 Å². The van der Waals surface area contributed by atoms with Crippen LogP contribution in [-0.2, 0) is 0 Å². The molecule has 4 nitrogen and oxygen atoms in total. The monoisotopic (exact) mass is 285 g/mol. The summed E-state index contributed by atoms with van der Waals surface area (Å²) in [6.07, 6.45) is 5.96. The second-order valence-electron chi connectivity index (χ2n) is 5.19. The first-order valence-corrected chi connectivity index (χ1v) is 7.09. The lowest BCUT2D eigenvalue weighted by Crippen LogP contribution is -2.38. The Kier molecular flexibility index (Phi) is 3.90. The maximum atomic E-state index is 13.1. The predicted octanol–water partition coefficient (Wildman–Crippen LogP) is 2.98. The molecule has 0 saturated carbocycles. The zero-order chi connectivity index (χ0) is 14.7. The number of nitrogens with zero attached hydrogens (tertiary/aromatic N) is 3. The SMILES string of the molecule is O=C(c1ccnnc1)N1CCCC[C@H]1c1ccc(F)cc1. The highest BCUT2D eigenvalue weighted by molar-refractivity contribution is 5.94. The fraction of sp³-hybridized carbons (Fsp3) is 0.312. The molecule has 0 N–H and O–H groups in total. The molecule has 2 aromatic rings. The molecule has 1 fully saturated rings. The quantitative estimate of drug-likeness (QED) is 0.852. The van der Waals surface area contributed by atoms with Crippen LogP contribution >= 0.6 is 0 Å². The molecular formula is C16H16FN3O. The van der Waals surface area contributed by atoms with Crippen LogP contribution in [0.4, 0.5) is 4.39 Å². The van der Waals surface area contributed by atoms with E-state index in [4.69, 9.17) is 0 Å². The van der Waals surface area contributed by atoms with E-state index in [9.17, 15) is 9.18 Å². The molecule has 5 heteroatoms. The zero-order valence-corrected chi connectivity index (χ0v) is 11.6. The minimum Gasteiger partial charge on any atom is -0.332 e. The number of carbonyl (C=O) groups excluding carboxylic acids is 1. The number of halogens is 1. The van der Waals surface area contributed by atoms with E-state index in [1.54, 1.807) is 18.2 Å². The van der Waals surface area contributed by atoms with E-state index in [-0.39, 0.29) is 17.8 Å². The van der Waals surface area contributed by atoms with Crippen molar-refractivity contribution in [3.8, 4) is 0 Å². The number of amides is 1. The predicted molar refractivity (Wildman–Crippen MR) is 76.1 cm³/mol. The van der Waals surface area contributed by atoms with Gasteiger partial charge in [-0.25, -0.2) is 4.39 Å². The molecule has 1 aliphatic heterocycles. The molecule has 0 spiro atoms. The lowest BCUT2D eigenvalue weighted by Gasteiger charge is -2.36. The Morgan fingerprint density at radius 1 is 1.14 bits per heavy atom. The number of hydrogen-bond donors (Lipinski definition) is 0. The van der Waals surface area contributed by atoms with Crippen LogP contribution in [0.1, 0.15) is 41.2 Å². The van der Waals surface area contributed by atoms with E-state index < -0.39 is 0 Å². The fourth-order valence-electron chi connectivity index (χ4n) is 2.79. The van der Waals surface area contributed by atoms with Gasteiger partial charge in [0.05, 0.1) is 24.0 Å². The molecule has 3 rings (SSSR count). The molecule has 108 valence electrons. The van der Waals surface area contributed by atoms with E-state index in [2.05, 4.69) is 10.2 Å². The molecule has 21 heavy (non-hydrogen) atoms. The van der Waals surface area contributed by atoms with Gasteiger partial charge in [-0.3, -0.25) is 4.79 Å². The second kappa shape index (κ2) is 5.99. The van der Waals surface area contributed by atoms with Gasteiger partial charge >= 0.3 is 0 Å². The van der Waals surface area contributed by atoms with Crippen molar-refractivity contribution in [1.82, 2.24) is 15.1 Å². The minimum absolute atomic E-state index is 0.0000142. The van der Waals surface area contributed by atoms with Gasteiger partial charge in [-0.1, -0.05) is 12.1 Å². The van der Waals surface area contributed by atoms with Crippen LogP contribution in [0.2, 0.25) is 0 Å². The smallest absolute Gasteiger partial charge is 0.256 e. The Hall–Kier alpha value is -2.30. The van der Waals surface area contributed by atoms with Gasteiger partial charge in [-0.15, -0.1) is 0 Å². The highest BCUT2D eigenvalue weighted by Crippen LogP contribution is 2.32. The van der Waals surface area contributed by atoms with Crippen LogP contribution in [0.3, 0.4) is 0 Å². The molecule has 0 radical (unpaired) electrons. The third kappa shape index (κ3) is 2.91. The Labute approximate surface area is 122 Å². The molecule has 0 bridgehead atoms. The number of carbonyl (C=O) groups is 1. The van der Waals surface area contributed by atoms with Gasteiger partial charge in [-0.05, 0) is 43.0 Å². The maximum absolute atomic E-state index is 13.1. The largest absolute Gasteiger partial charge is 0.332 e. The molecule has 1 saturated heterocycles. The summed E-state index contributed by atoms with van der Waals surface area (Å²) in [5.74, 6) is -0.301. The van der Waals surface area contributed by atoms with Gasteiger partial charge < -0.3 is 4.90 Å². The number of hydrogen-bond acceptors (Lipinski definition) is 3. The summed E-state index contributed by atoms with van der Waals surface area (Å²) in [6.45, 7) is 0.712. The lowest BCUT2D eigenvalue weighted by molar-refractivity contribution is 0.0611. The molecule has 0 unspecified atom stereocenters. The van der Waals surface area contributed by atoms with E-state index in [0.29, 0.717) is 12.1 Å². The molecule has 1 amide bonds. The van der Waals surface area contributed by atoms with Crippen molar-refractivity contribution in [2.24, 2.45) is 0 Å². The van der Waals surface area contributed by atoms with Crippen LogP contribution in [0.5, 0.6) is 0 Å². The highest BCUT2D eigenvalue weighted by atomic mass is 19.1. The van der Waals surface area contributed by atoms with Gasteiger partial charge in [0.15, 0.2) is 0 Å². The van der Waals surface area contributed by atoms with Gasteiger partial charge in [0.1, 0.15) is 5.82 Å². The van der Waals surface area contributed by atoms with Gasteiger partial charge in [0.2, 0.25) is 0 Å². The van der Waals surface area contributed by atoms with Gasteiger partial charge in [-0.2, -0.15) is 10.2 Å². The Morgan fingerprint density at radius 3 is 2.67 bits per heavy atom. The Morgan fingerprint density at radius 2 is 1.95 bits per heavy atom. The first-order chi connectivity index (χ1) is 10.3. The number of aromatic nitrogens is 2. The first kappa shape index (κ1) is 13.7. The summed E-state index contributed by atoms with van der Waals surface area (Å²) in [7, 11) is 0. The second-order valence-corrected chi connectivity index (χ2v) is 5.19. The van der Waals surface area contributed by atoms with Crippen molar-refractivity contribution < 1.29 is 9.18 Å². The van der Waals surface area contributed by atoms with E-state index in [0.717, 1.165) is 24.8 Å². The summed E-state index contributed by atoms with van der Waals surface area (Å²) >= 11 is 0. The van der Waals surface area contributed by atoms with Crippen molar-refractivity contribution in [3.63, 3.8) is 0 Å². The van der Waals surface area contributed by atoms with Crippen LogP contribution in [0, 0.1) is 5.82 Å². The molecular weight excluding hydrogens is 269 g/mol. The summed E-state index contributed by atoms with van der Waals surface area (Å²) in [6, 6.07) is 8.08. The van der Waals surface area contributed by atoms with Gasteiger partial charge in [0, 0.05) is 6.54 Å². The third-order valence-corrected chi connectivity index (χ3v) is 3.85. The van der Waals surface area contributed by atoms with Crippen molar-refractivity contribution in [1.29, 1.82) is 0 Å². The molecule has 1 aliphatic rings. The van der Waals surface area contributed by atoms with Crippen LogP contribution in [0.25, 0.3) is 0 Å². The number of piperidine rings is 1. The lowest BCUT2D eigenvalue weighted by atomic mass is 9.94. The third-order valence-electron chi connectivity index (χ3n) is 3.85. The fourth-order valence-corrected chi connectivity index (χ4v) is 2.79. The molecule has 1 aromatic heterocycles. The summed E-state index contributed by atoms with van der Waals surface area (Å²) in [5.41, 5.74) is 1.52. The number of rotatable bonds is 2. The van der Waals surface area contributed by atoms with Crippen LogP contribution in [-0.4, -0.2) is 27.5 Å². The average Bonchev–Trinajstić information content (AvgIpc) is 2.56. The van der Waals surface area contributed by atoms with E-state index in [1.165, 1.54) is 24.5 Å². The van der Waals surface area contributed by atoms with Crippen molar-refractivity contribution in [3.05, 3.63) is 59.7 Å². The van der Waals surface area contributed by atoms with Gasteiger partial charge in [0.25, 0.3) is 5.91 Å². The minimum atomic E-state index is -0.259. The summed E-state index contributed by atoms with van der Waals surface area (Å²) in [4.78, 5) is 14.5. The first-order valence-electron chi connectivity index (χ1n) is 7.09. The standard InChI is InChI=1S/C16H16FN3O/c17-14-6-4-12(5-7-14)15-3-1-2-10-20(15)16(21)13-8-9-18-19-11-13/h4-9,11,15H,1-3,10H2/t15-/m0/s1.